The third-order valence-corrected chi connectivity index (χ3v) is 5.24. The van der Waals surface area contributed by atoms with Gasteiger partial charge in [0.2, 0.25) is 5.91 Å². The van der Waals surface area contributed by atoms with Crippen molar-refractivity contribution in [2.45, 2.75) is 50.9 Å². The van der Waals surface area contributed by atoms with E-state index in [1.165, 1.54) is 0 Å². The molecule has 6 nitrogen and oxygen atoms in total. The van der Waals surface area contributed by atoms with Crippen LogP contribution in [-0.2, 0) is 9.53 Å². The molecule has 0 aromatic carbocycles. The van der Waals surface area contributed by atoms with Crippen molar-refractivity contribution < 1.29 is 22.7 Å². The second-order valence-corrected chi connectivity index (χ2v) is 7.14. The van der Waals surface area contributed by atoms with Crippen molar-refractivity contribution in [1.82, 2.24) is 14.7 Å². The van der Waals surface area contributed by atoms with Crippen molar-refractivity contribution >= 4 is 11.7 Å². The average Bonchev–Trinajstić information content (AvgIpc) is 2.97. The number of methoxy groups -OCH3 is 1. The van der Waals surface area contributed by atoms with Crippen molar-refractivity contribution in [3.63, 3.8) is 0 Å². The summed E-state index contributed by atoms with van der Waals surface area (Å²) in [6.07, 6.45) is -2.50. The van der Waals surface area contributed by atoms with Crippen molar-refractivity contribution in [2.24, 2.45) is 5.92 Å². The minimum atomic E-state index is -4.35. The summed E-state index contributed by atoms with van der Waals surface area (Å²) in [4.78, 5) is 14.0. The largest absolute Gasteiger partial charge is 0.410 e. The molecule has 2 aliphatic heterocycles. The predicted molar refractivity (Wildman–Crippen MR) is 89.9 cm³/mol. The summed E-state index contributed by atoms with van der Waals surface area (Å²) >= 11 is 0. The van der Waals surface area contributed by atoms with E-state index in [0.29, 0.717) is 37.6 Å². The second kappa shape index (κ2) is 7.46. The van der Waals surface area contributed by atoms with Crippen LogP contribution in [0.3, 0.4) is 0 Å². The fourth-order valence-corrected chi connectivity index (χ4v) is 3.95. The monoisotopic (exact) mass is 374 g/mol. The zero-order chi connectivity index (χ0) is 18.9. The van der Waals surface area contributed by atoms with Gasteiger partial charge in [-0.2, -0.15) is 18.3 Å². The third-order valence-electron chi connectivity index (χ3n) is 5.24. The molecule has 0 unspecified atom stereocenters. The Hall–Kier alpha value is -1.77. The molecule has 1 N–H and O–H groups in total. The Morgan fingerprint density at radius 1 is 1.46 bits per heavy atom. The number of amides is 1. The summed E-state index contributed by atoms with van der Waals surface area (Å²) in [5.74, 6) is 0.397. The number of carbonyl (C=O) groups is 1. The number of anilines is 1. The first-order chi connectivity index (χ1) is 12.3. The number of fused-ring (bicyclic) bond motifs is 1. The van der Waals surface area contributed by atoms with Crippen LogP contribution in [0.25, 0.3) is 0 Å². The van der Waals surface area contributed by atoms with Crippen LogP contribution in [0.5, 0.6) is 0 Å². The van der Waals surface area contributed by atoms with Gasteiger partial charge in [0.1, 0.15) is 5.82 Å². The van der Waals surface area contributed by atoms with Gasteiger partial charge in [0.15, 0.2) is 6.04 Å². The normalized spacial score (nSPS) is 26.3. The van der Waals surface area contributed by atoms with Gasteiger partial charge in [-0.3, -0.25) is 4.79 Å². The Bertz CT molecular complexity index is 646. The minimum absolute atomic E-state index is 0.000571. The number of carbonyl (C=O) groups excluding carboxylic acids is 1. The van der Waals surface area contributed by atoms with Gasteiger partial charge in [-0.15, -0.1) is 0 Å². The number of rotatable bonds is 4. The van der Waals surface area contributed by atoms with Crippen LogP contribution in [0, 0.1) is 12.8 Å². The van der Waals surface area contributed by atoms with E-state index in [1.807, 2.05) is 0 Å². The van der Waals surface area contributed by atoms with Crippen molar-refractivity contribution in [2.75, 3.05) is 32.1 Å². The lowest BCUT2D eigenvalue weighted by Gasteiger charge is -2.41. The van der Waals surface area contributed by atoms with Crippen LogP contribution >= 0.6 is 0 Å². The van der Waals surface area contributed by atoms with Gasteiger partial charge in [-0.05, 0) is 32.1 Å². The number of likely N-dealkylation sites (tertiary alicyclic amines) is 1. The van der Waals surface area contributed by atoms with Gasteiger partial charge in [0, 0.05) is 32.3 Å². The molecule has 1 aromatic rings. The molecular formula is C17H25F3N4O2. The van der Waals surface area contributed by atoms with E-state index >= 15 is 0 Å². The summed E-state index contributed by atoms with van der Waals surface area (Å²) in [5, 5.41) is 7.24. The van der Waals surface area contributed by atoms with Gasteiger partial charge in [-0.25, -0.2) is 4.68 Å². The molecule has 0 spiro atoms. The Labute approximate surface area is 150 Å². The fourth-order valence-electron chi connectivity index (χ4n) is 3.95. The van der Waals surface area contributed by atoms with E-state index < -0.39 is 12.2 Å². The van der Waals surface area contributed by atoms with Crippen molar-refractivity contribution in [1.29, 1.82) is 0 Å². The Morgan fingerprint density at radius 2 is 2.23 bits per heavy atom. The minimum Gasteiger partial charge on any atom is -0.384 e. The van der Waals surface area contributed by atoms with E-state index in [1.54, 1.807) is 25.0 Å². The zero-order valence-corrected chi connectivity index (χ0v) is 15.1. The SMILES string of the molecule is COCCC(=O)N1CCC[C@H]([C@@H]2C[C@H](C(F)(F)F)n3nc(C)cc3N2)C1. The van der Waals surface area contributed by atoms with E-state index in [2.05, 4.69) is 10.4 Å². The van der Waals surface area contributed by atoms with Crippen LogP contribution in [-0.4, -0.2) is 59.6 Å². The summed E-state index contributed by atoms with van der Waals surface area (Å²) in [5.41, 5.74) is 0.558. The van der Waals surface area contributed by atoms with Crippen LogP contribution in [0.15, 0.2) is 6.07 Å². The zero-order valence-electron chi connectivity index (χ0n) is 15.1. The number of aryl methyl sites for hydroxylation is 1. The number of ether oxygens (including phenoxy) is 1. The van der Waals surface area contributed by atoms with Gasteiger partial charge in [-0.1, -0.05) is 0 Å². The first kappa shape index (κ1) is 19.0. The molecular weight excluding hydrogens is 349 g/mol. The first-order valence-corrected chi connectivity index (χ1v) is 8.95. The molecule has 26 heavy (non-hydrogen) atoms. The van der Waals surface area contributed by atoms with Crippen LogP contribution in [0.4, 0.5) is 19.0 Å². The summed E-state index contributed by atoms with van der Waals surface area (Å²) in [7, 11) is 1.54. The lowest BCUT2D eigenvalue weighted by atomic mass is 9.85. The predicted octanol–water partition coefficient (Wildman–Crippen LogP) is 2.75. The lowest BCUT2D eigenvalue weighted by Crippen LogP contribution is -2.49. The summed E-state index contributed by atoms with van der Waals surface area (Å²) < 4.78 is 46.6. The van der Waals surface area contributed by atoms with Crippen molar-refractivity contribution in [3.05, 3.63) is 11.8 Å². The first-order valence-electron chi connectivity index (χ1n) is 8.95. The fraction of sp³-hybridized carbons (Fsp3) is 0.765. The van der Waals surface area contributed by atoms with Crippen molar-refractivity contribution in [3.8, 4) is 0 Å². The van der Waals surface area contributed by atoms with E-state index in [4.69, 9.17) is 4.74 Å². The second-order valence-electron chi connectivity index (χ2n) is 7.14. The molecule has 3 rings (SSSR count). The Morgan fingerprint density at radius 3 is 2.92 bits per heavy atom. The van der Waals surface area contributed by atoms with Crippen LogP contribution in [0.1, 0.15) is 37.4 Å². The highest BCUT2D eigenvalue weighted by Gasteiger charge is 2.47. The molecule has 2 aliphatic rings. The topological polar surface area (TPSA) is 59.4 Å². The maximum absolute atomic E-state index is 13.5. The number of nitrogens with zero attached hydrogens (tertiary/aromatic N) is 3. The molecule has 1 saturated heterocycles. The summed E-state index contributed by atoms with van der Waals surface area (Å²) in [6, 6.07) is -0.310. The number of halogens is 3. The molecule has 3 heterocycles. The molecule has 0 bridgehead atoms. The van der Waals surface area contributed by atoms with Crippen LogP contribution < -0.4 is 5.32 Å². The Kier molecular flexibility index (Phi) is 5.45. The van der Waals surface area contributed by atoms with Gasteiger partial charge >= 0.3 is 6.18 Å². The Balaban J connectivity index is 1.74. The number of hydrogen-bond donors (Lipinski definition) is 1. The van der Waals surface area contributed by atoms with Gasteiger partial charge < -0.3 is 15.0 Å². The smallest absolute Gasteiger partial charge is 0.384 e. The van der Waals surface area contributed by atoms with E-state index in [9.17, 15) is 18.0 Å². The molecule has 1 amide bonds. The third kappa shape index (κ3) is 3.97. The highest BCUT2D eigenvalue weighted by atomic mass is 19.4. The molecule has 146 valence electrons. The number of hydrogen-bond acceptors (Lipinski definition) is 4. The van der Waals surface area contributed by atoms with E-state index in [0.717, 1.165) is 17.5 Å². The van der Waals surface area contributed by atoms with Gasteiger partial charge in [0.05, 0.1) is 18.7 Å². The molecule has 0 aliphatic carbocycles. The maximum atomic E-state index is 13.5. The molecule has 0 radical (unpaired) electrons. The molecule has 1 aromatic heterocycles. The lowest BCUT2D eigenvalue weighted by molar-refractivity contribution is -0.175. The van der Waals surface area contributed by atoms with Gasteiger partial charge in [0.25, 0.3) is 0 Å². The van der Waals surface area contributed by atoms with E-state index in [-0.39, 0.29) is 24.3 Å². The number of piperidine rings is 1. The van der Waals surface area contributed by atoms with Crippen LogP contribution in [0.2, 0.25) is 0 Å². The quantitative estimate of drug-likeness (QED) is 0.881. The molecule has 1 fully saturated rings. The highest BCUT2D eigenvalue weighted by molar-refractivity contribution is 5.76. The molecule has 9 heteroatoms. The average molecular weight is 374 g/mol. The molecule has 3 atom stereocenters. The maximum Gasteiger partial charge on any atom is 0.410 e. The molecule has 0 saturated carbocycles. The standard InChI is InChI=1S/C17H25F3N4O2/c1-11-8-15-21-13(9-14(17(18,19)20)24(15)22-11)12-4-3-6-23(10-12)16(25)5-7-26-2/h8,12-14,21H,3-7,9-10H2,1-2H3/t12-,13-,14+/m0/s1. The number of nitrogens with one attached hydrogen (secondary N) is 1. The number of alkyl halides is 3. The number of aromatic nitrogens is 2. The summed E-state index contributed by atoms with van der Waals surface area (Å²) in [6.45, 7) is 3.19. The highest BCUT2D eigenvalue weighted by Crippen LogP contribution is 2.41.